The van der Waals surface area contributed by atoms with Gasteiger partial charge in [-0.15, -0.1) is 0 Å². The predicted molar refractivity (Wildman–Crippen MR) is 50.9 cm³/mol. The highest BCUT2D eigenvalue weighted by Crippen LogP contribution is 2.17. The normalized spacial score (nSPS) is 22.7. The molecule has 0 spiro atoms. The SMILES string of the molecule is CC(N)C1=CC=CC(=N)/C1=C\N. The molecule has 0 saturated carbocycles. The number of nitrogens with one attached hydrogen (secondary N) is 1. The van der Waals surface area contributed by atoms with Gasteiger partial charge in [0.25, 0.3) is 0 Å². The third-order valence-electron chi connectivity index (χ3n) is 1.80. The molecule has 0 heterocycles. The van der Waals surface area contributed by atoms with Crippen LogP contribution in [0.3, 0.4) is 0 Å². The van der Waals surface area contributed by atoms with Crippen molar-refractivity contribution in [3.05, 3.63) is 35.6 Å². The molecule has 0 aromatic carbocycles. The Labute approximate surface area is 71.9 Å². The molecule has 1 aliphatic rings. The summed E-state index contributed by atoms with van der Waals surface area (Å²) >= 11 is 0. The third-order valence-corrected chi connectivity index (χ3v) is 1.80. The molecule has 0 amide bonds. The minimum atomic E-state index is -0.0786. The van der Waals surface area contributed by atoms with E-state index in [0.717, 1.165) is 11.1 Å². The zero-order chi connectivity index (χ0) is 9.14. The van der Waals surface area contributed by atoms with Gasteiger partial charge in [0.15, 0.2) is 0 Å². The molecule has 1 atom stereocenters. The Morgan fingerprint density at radius 2 is 2.25 bits per heavy atom. The maximum Gasteiger partial charge on any atom is 0.0630 e. The summed E-state index contributed by atoms with van der Waals surface area (Å²) < 4.78 is 0. The molecule has 3 heteroatoms. The van der Waals surface area contributed by atoms with Crippen LogP contribution >= 0.6 is 0 Å². The van der Waals surface area contributed by atoms with Crippen molar-refractivity contribution in [2.24, 2.45) is 11.5 Å². The van der Waals surface area contributed by atoms with Crippen LogP contribution in [0.1, 0.15) is 6.92 Å². The lowest BCUT2D eigenvalue weighted by Crippen LogP contribution is -2.23. The first-order valence-electron chi connectivity index (χ1n) is 3.82. The van der Waals surface area contributed by atoms with Gasteiger partial charge in [0, 0.05) is 17.8 Å². The Bertz CT molecular complexity index is 282. The first-order valence-corrected chi connectivity index (χ1v) is 3.82. The van der Waals surface area contributed by atoms with Crippen molar-refractivity contribution in [1.82, 2.24) is 0 Å². The molecule has 1 aliphatic carbocycles. The number of allylic oxidation sites excluding steroid dienone is 3. The maximum atomic E-state index is 7.54. The molecular formula is C9H13N3. The summed E-state index contributed by atoms with van der Waals surface area (Å²) in [7, 11) is 0. The monoisotopic (exact) mass is 163 g/mol. The molecule has 0 radical (unpaired) electrons. The van der Waals surface area contributed by atoms with Crippen LogP contribution in [0.5, 0.6) is 0 Å². The van der Waals surface area contributed by atoms with Crippen LogP contribution in [-0.4, -0.2) is 11.8 Å². The lowest BCUT2D eigenvalue weighted by Gasteiger charge is -2.16. The summed E-state index contributed by atoms with van der Waals surface area (Å²) in [6, 6.07) is -0.0786. The molecule has 0 aromatic heterocycles. The largest absolute Gasteiger partial charge is 0.404 e. The van der Waals surface area contributed by atoms with Gasteiger partial charge in [-0.05, 0) is 18.6 Å². The minimum absolute atomic E-state index is 0.0786. The zero-order valence-electron chi connectivity index (χ0n) is 7.04. The first kappa shape index (κ1) is 8.74. The fourth-order valence-electron chi connectivity index (χ4n) is 1.17. The van der Waals surface area contributed by atoms with Crippen LogP contribution in [0.15, 0.2) is 35.6 Å². The second kappa shape index (κ2) is 3.36. The van der Waals surface area contributed by atoms with Gasteiger partial charge in [-0.2, -0.15) is 0 Å². The van der Waals surface area contributed by atoms with Gasteiger partial charge in [-0.1, -0.05) is 12.2 Å². The molecule has 0 saturated heterocycles. The topological polar surface area (TPSA) is 75.9 Å². The summed E-state index contributed by atoms with van der Waals surface area (Å²) in [5.74, 6) is 0. The molecule has 64 valence electrons. The second-order valence-electron chi connectivity index (χ2n) is 2.76. The van der Waals surface area contributed by atoms with Crippen LogP contribution < -0.4 is 11.5 Å². The highest BCUT2D eigenvalue weighted by atomic mass is 14.6. The lowest BCUT2D eigenvalue weighted by molar-refractivity contribution is 0.876. The fourth-order valence-corrected chi connectivity index (χ4v) is 1.17. The van der Waals surface area contributed by atoms with Crippen molar-refractivity contribution >= 4 is 5.71 Å². The maximum absolute atomic E-state index is 7.54. The van der Waals surface area contributed by atoms with E-state index in [4.69, 9.17) is 16.9 Å². The Kier molecular flexibility index (Phi) is 2.45. The smallest absolute Gasteiger partial charge is 0.0630 e. The lowest BCUT2D eigenvalue weighted by atomic mass is 9.93. The van der Waals surface area contributed by atoms with Crippen molar-refractivity contribution in [2.45, 2.75) is 13.0 Å². The summed E-state index contributed by atoms with van der Waals surface area (Å²) in [5, 5.41) is 7.54. The Morgan fingerprint density at radius 3 is 2.67 bits per heavy atom. The average Bonchev–Trinajstić information content (AvgIpc) is 2.03. The average molecular weight is 163 g/mol. The van der Waals surface area contributed by atoms with Crippen LogP contribution in [-0.2, 0) is 0 Å². The quantitative estimate of drug-likeness (QED) is 0.532. The van der Waals surface area contributed by atoms with E-state index < -0.39 is 0 Å². The predicted octanol–water partition coefficient (Wildman–Crippen LogP) is 0.692. The van der Waals surface area contributed by atoms with E-state index in [9.17, 15) is 0 Å². The second-order valence-corrected chi connectivity index (χ2v) is 2.76. The van der Waals surface area contributed by atoms with E-state index in [1.807, 2.05) is 19.1 Å². The van der Waals surface area contributed by atoms with Crippen LogP contribution in [0, 0.1) is 5.41 Å². The standard InChI is InChI=1S/C9H13N3/c1-6(11)7-3-2-4-9(12)8(7)5-10/h2-6,12H,10-11H2,1H3/b8-5-,12-9?. The molecule has 12 heavy (non-hydrogen) atoms. The van der Waals surface area contributed by atoms with Crippen molar-refractivity contribution in [3.63, 3.8) is 0 Å². The fraction of sp³-hybridized carbons (Fsp3) is 0.222. The minimum Gasteiger partial charge on any atom is -0.404 e. The van der Waals surface area contributed by atoms with E-state index in [0.29, 0.717) is 5.71 Å². The number of hydrogen-bond donors (Lipinski definition) is 3. The molecule has 1 rings (SSSR count). The number of hydrogen-bond acceptors (Lipinski definition) is 3. The van der Waals surface area contributed by atoms with Crippen LogP contribution in [0.25, 0.3) is 0 Å². The van der Waals surface area contributed by atoms with Gasteiger partial charge in [-0.25, -0.2) is 0 Å². The first-order chi connectivity index (χ1) is 5.66. The molecule has 3 nitrogen and oxygen atoms in total. The number of nitrogens with two attached hydrogens (primary N) is 2. The van der Waals surface area contributed by atoms with Gasteiger partial charge in [0.05, 0.1) is 5.71 Å². The molecule has 0 aliphatic heterocycles. The van der Waals surface area contributed by atoms with Crippen molar-refractivity contribution < 1.29 is 0 Å². The van der Waals surface area contributed by atoms with Crippen molar-refractivity contribution in [1.29, 1.82) is 5.41 Å². The Morgan fingerprint density at radius 1 is 1.58 bits per heavy atom. The molecule has 1 unspecified atom stereocenters. The van der Waals surface area contributed by atoms with Crippen molar-refractivity contribution in [2.75, 3.05) is 0 Å². The number of rotatable bonds is 1. The molecule has 0 aromatic rings. The van der Waals surface area contributed by atoms with E-state index >= 15 is 0 Å². The molecular weight excluding hydrogens is 150 g/mol. The Balaban J connectivity index is 3.05. The zero-order valence-corrected chi connectivity index (χ0v) is 7.04. The van der Waals surface area contributed by atoms with Crippen LogP contribution in [0.4, 0.5) is 0 Å². The highest BCUT2D eigenvalue weighted by Gasteiger charge is 2.14. The van der Waals surface area contributed by atoms with Crippen molar-refractivity contribution in [3.8, 4) is 0 Å². The van der Waals surface area contributed by atoms with Gasteiger partial charge in [0.2, 0.25) is 0 Å². The summed E-state index contributed by atoms with van der Waals surface area (Å²) in [6.07, 6.45) is 6.83. The van der Waals surface area contributed by atoms with Crippen LogP contribution in [0.2, 0.25) is 0 Å². The van der Waals surface area contributed by atoms with E-state index in [1.54, 1.807) is 6.08 Å². The van der Waals surface area contributed by atoms with E-state index in [1.165, 1.54) is 6.20 Å². The summed E-state index contributed by atoms with van der Waals surface area (Å²) in [5.41, 5.74) is 13.2. The third kappa shape index (κ3) is 1.46. The molecule has 5 N–H and O–H groups in total. The van der Waals surface area contributed by atoms with Gasteiger partial charge < -0.3 is 16.9 Å². The molecule has 0 bridgehead atoms. The summed E-state index contributed by atoms with van der Waals surface area (Å²) in [4.78, 5) is 0. The highest BCUT2D eigenvalue weighted by molar-refractivity contribution is 6.10. The van der Waals surface area contributed by atoms with Gasteiger partial charge in [0.1, 0.15) is 0 Å². The summed E-state index contributed by atoms with van der Waals surface area (Å²) in [6.45, 7) is 1.88. The molecule has 0 fully saturated rings. The van der Waals surface area contributed by atoms with Gasteiger partial charge in [-0.3, -0.25) is 0 Å². The Hall–Kier alpha value is -1.35. The van der Waals surface area contributed by atoms with E-state index in [-0.39, 0.29) is 6.04 Å². The van der Waals surface area contributed by atoms with E-state index in [2.05, 4.69) is 0 Å². The van der Waals surface area contributed by atoms with Gasteiger partial charge >= 0.3 is 0 Å².